The third kappa shape index (κ3) is 4.51. The molecule has 0 bridgehead atoms. The topological polar surface area (TPSA) is 75.5 Å². The lowest BCUT2D eigenvalue weighted by atomic mass is 9.99. The zero-order chi connectivity index (χ0) is 19.6. The Balaban J connectivity index is 1.76. The molecule has 8 heteroatoms. The Morgan fingerprint density at radius 1 is 1.15 bits per heavy atom. The van der Waals surface area contributed by atoms with Crippen LogP contribution >= 0.6 is 23.2 Å². The molecular formula is C19H19Cl2N3O3. The number of piperidine rings is 1. The maximum atomic E-state index is 12.5. The molecule has 0 radical (unpaired) electrons. The van der Waals surface area contributed by atoms with E-state index in [-0.39, 0.29) is 16.3 Å². The highest BCUT2D eigenvalue weighted by atomic mass is 35.5. The Bertz CT molecular complexity index is 880. The molecule has 0 spiro atoms. The first-order valence-corrected chi connectivity index (χ1v) is 9.40. The molecule has 6 nitrogen and oxygen atoms in total. The van der Waals surface area contributed by atoms with Gasteiger partial charge < -0.3 is 10.2 Å². The number of carbonyl (C=O) groups is 1. The molecule has 3 rings (SSSR count). The number of nitrogens with one attached hydrogen (secondary N) is 1. The number of amides is 1. The monoisotopic (exact) mass is 407 g/mol. The highest BCUT2D eigenvalue weighted by molar-refractivity contribution is 6.35. The second-order valence-corrected chi connectivity index (χ2v) is 7.53. The maximum absolute atomic E-state index is 12.5. The fourth-order valence-electron chi connectivity index (χ4n) is 3.09. The number of non-ortho nitro benzene ring substituents is 1. The Morgan fingerprint density at radius 3 is 2.48 bits per heavy atom. The Kier molecular flexibility index (Phi) is 5.87. The summed E-state index contributed by atoms with van der Waals surface area (Å²) in [6.07, 6.45) is 2.25. The largest absolute Gasteiger partial charge is 0.370 e. The summed E-state index contributed by atoms with van der Waals surface area (Å²) < 4.78 is 0. The van der Waals surface area contributed by atoms with Crippen LogP contribution in [0.1, 0.15) is 30.1 Å². The van der Waals surface area contributed by atoms with Crippen molar-refractivity contribution in [3.05, 3.63) is 62.1 Å². The molecule has 2 aromatic rings. The quantitative estimate of drug-likeness (QED) is 0.544. The minimum atomic E-state index is -0.571. The van der Waals surface area contributed by atoms with Crippen LogP contribution in [0.25, 0.3) is 0 Å². The van der Waals surface area contributed by atoms with Gasteiger partial charge in [0.05, 0.1) is 26.2 Å². The summed E-state index contributed by atoms with van der Waals surface area (Å²) in [5.74, 6) is 0.192. The van der Waals surface area contributed by atoms with E-state index in [1.807, 2.05) is 6.07 Å². The molecule has 1 aliphatic rings. The zero-order valence-electron chi connectivity index (χ0n) is 14.7. The van der Waals surface area contributed by atoms with Crippen LogP contribution in [0.2, 0.25) is 10.0 Å². The molecule has 0 saturated carbocycles. The lowest BCUT2D eigenvalue weighted by Crippen LogP contribution is -2.32. The van der Waals surface area contributed by atoms with Gasteiger partial charge in [-0.2, -0.15) is 0 Å². The molecule has 1 heterocycles. The Labute approximate surface area is 167 Å². The molecule has 0 unspecified atom stereocenters. The summed E-state index contributed by atoms with van der Waals surface area (Å²) >= 11 is 12.4. The Hall–Kier alpha value is -2.31. The second-order valence-electron chi connectivity index (χ2n) is 6.71. The summed E-state index contributed by atoms with van der Waals surface area (Å²) in [7, 11) is 0. The summed E-state index contributed by atoms with van der Waals surface area (Å²) in [6.45, 7) is 4.16. The molecule has 1 aliphatic heterocycles. The van der Waals surface area contributed by atoms with Gasteiger partial charge in [-0.25, -0.2) is 0 Å². The first kappa shape index (κ1) is 19.5. The standard InChI is InChI=1S/C19H19Cl2N3O3/c1-12-6-8-23(9-7-12)18-5-2-13(10-17(18)21)22-19(25)15-11-14(24(26)27)3-4-16(15)20/h2-5,10-12H,6-9H2,1H3,(H,22,25). The van der Waals surface area contributed by atoms with Gasteiger partial charge in [0.2, 0.25) is 0 Å². The first-order chi connectivity index (χ1) is 12.8. The van der Waals surface area contributed by atoms with Gasteiger partial charge in [0.1, 0.15) is 0 Å². The van der Waals surface area contributed by atoms with E-state index in [2.05, 4.69) is 17.1 Å². The van der Waals surface area contributed by atoms with Crippen LogP contribution in [0.4, 0.5) is 17.1 Å². The molecule has 1 N–H and O–H groups in total. The third-order valence-electron chi connectivity index (χ3n) is 4.74. The van der Waals surface area contributed by atoms with Crippen LogP contribution in [0.5, 0.6) is 0 Å². The fraction of sp³-hybridized carbons (Fsp3) is 0.316. The second kappa shape index (κ2) is 8.15. The van der Waals surface area contributed by atoms with Crippen LogP contribution in [-0.2, 0) is 0 Å². The third-order valence-corrected chi connectivity index (χ3v) is 5.37. The minimum Gasteiger partial charge on any atom is -0.370 e. The summed E-state index contributed by atoms with van der Waals surface area (Å²) in [5, 5.41) is 14.3. The summed E-state index contributed by atoms with van der Waals surface area (Å²) in [6, 6.07) is 9.07. The van der Waals surface area contributed by atoms with E-state index in [9.17, 15) is 14.9 Å². The van der Waals surface area contributed by atoms with Crippen molar-refractivity contribution in [1.29, 1.82) is 0 Å². The highest BCUT2D eigenvalue weighted by Crippen LogP contribution is 2.32. The van der Waals surface area contributed by atoms with E-state index >= 15 is 0 Å². The van der Waals surface area contributed by atoms with Crippen molar-refractivity contribution in [3.8, 4) is 0 Å². The van der Waals surface area contributed by atoms with E-state index < -0.39 is 10.8 Å². The van der Waals surface area contributed by atoms with Gasteiger partial charge >= 0.3 is 0 Å². The number of hydrogen-bond donors (Lipinski definition) is 1. The molecular weight excluding hydrogens is 389 g/mol. The van der Waals surface area contributed by atoms with E-state index in [1.165, 1.54) is 12.1 Å². The van der Waals surface area contributed by atoms with Gasteiger partial charge in [-0.15, -0.1) is 0 Å². The first-order valence-electron chi connectivity index (χ1n) is 8.65. The number of hydrogen-bond acceptors (Lipinski definition) is 4. The number of benzene rings is 2. The molecule has 27 heavy (non-hydrogen) atoms. The van der Waals surface area contributed by atoms with Crippen LogP contribution < -0.4 is 10.2 Å². The van der Waals surface area contributed by atoms with E-state index in [0.717, 1.165) is 43.6 Å². The number of rotatable bonds is 4. The van der Waals surface area contributed by atoms with E-state index in [1.54, 1.807) is 12.1 Å². The van der Waals surface area contributed by atoms with Crippen molar-refractivity contribution in [2.45, 2.75) is 19.8 Å². The molecule has 0 atom stereocenters. The molecule has 1 saturated heterocycles. The Morgan fingerprint density at radius 2 is 1.85 bits per heavy atom. The highest BCUT2D eigenvalue weighted by Gasteiger charge is 2.19. The summed E-state index contributed by atoms with van der Waals surface area (Å²) in [4.78, 5) is 25.0. The smallest absolute Gasteiger partial charge is 0.270 e. The molecule has 0 aliphatic carbocycles. The summed E-state index contributed by atoms with van der Waals surface area (Å²) in [5.41, 5.74) is 1.28. The maximum Gasteiger partial charge on any atom is 0.270 e. The van der Waals surface area contributed by atoms with E-state index in [4.69, 9.17) is 23.2 Å². The number of halogens is 2. The molecule has 142 valence electrons. The van der Waals surface area contributed by atoms with Crippen molar-refractivity contribution in [1.82, 2.24) is 0 Å². The average Bonchev–Trinajstić information content (AvgIpc) is 2.63. The lowest BCUT2D eigenvalue weighted by Gasteiger charge is -2.32. The number of carbonyl (C=O) groups excluding carboxylic acids is 1. The van der Waals surface area contributed by atoms with Crippen LogP contribution in [0.15, 0.2) is 36.4 Å². The number of nitrogens with zero attached hydrogens (tertiary/aromatic N) is 2. The lowest BCUT2D eigenvalue weighted by molar-refractivity contribution is -0.384. The van der Waals surface area contributed by atoms with Crippen molar-refractivity contribution >= 4 is 46.2 Å². The van der Waals surface area contributed by atoms with Gasteiger partial charge in [0.15, 0.2) is 0 Å². The molecule has 0 aromatic heterocycles. The van der Waals surface area contributed by atoms with Crippen LogP contribution in [-0.4, -0.2) is 23.9 Å². The van der Waals surface area contributed by atoms with Gasteiger partial charge in [0.25, 0.3) is 11.6 Å². The average molecular weight is 408 g/mol. The van der Waals surface area contributed by atoms with Gasteiger partial charge in [-0.1, -0.05) is 30.1 Å². The van der Waals surface area contributed by atoms with Gasteiger partial charge in [0, 0.05) is 30.9 Å². The molecule has 2 aromatic carbocycles. The normalized spacial score (nSPS) is 14.9. The minimum absolute atomic E-state index is 0.0380. The molecule has 1 fully saturated rings. The van der Waals surface area contributed by atoms with Crippen LogP contribution in [0.3, 0.4) is 0 Å². The van der Waals surface area contributed by atoms with Crippen LogP contribution in [0, 0.1) is 16.0 Å². The SMILES string of the molecule is CC1CCN(c2ccc(NC(=O)c3cc([N+](=O)[O-])ccc3Cl)cc2Cl)CC1. The number of nitro benzene ring substituents is 1. The predicted octanol–water partition coefficient (Wildman–Crippen LogP) is 5.39. The van der Waals surface area contributed by atoms with Gasteiger partial charge in [-0.05, 0) is 43.0 Å². The molecule has 1 amide bonds. The van der Waals surface area contributed by atoms with Crippen molar-refractivity contribution in [3.63, 3.8) is 0 Å². The van der Waals surface area contributed by atoms with Gasteiger partial charge in [-0.3, -0.25) is 14.9 Å². The van der Waals surface area contributed by atoms with Crippen molar-refractivity contribution in [2.75, 3.05) is 23.3 Å². The van der Waals surface area contributed by atoms with Crippen molar-refractivity contribution < 1.29 is 9.72 Å². The predicted molar refractivity (Wildman–Crippen MR) is 108 cm³/mol. The number of anilines is 2. The zero-order valence-corrected chi connectivity index (χ0v) is 16.3. The fourth-order valence-corrected chi connectivity index (χ4v) is 3.59. The van der Waals surface area contributed by atoms with Crippen molar-refractivity contribution in [2.24, 2.45) is 5.92 Å². The van der Waals surface area contributed by atoms with E-state index in [0.29, 0.717) is 10.7 Å². The number of nitro groups is 1.